The van der Waals surface area contributed by atoms with Gasteiger partial charge in [0.2, 0.25) is 0 Å². The summed E-state index contributed by atoms with van der Waals surface area (Å²) in [5, 5.41) is 0. The first kappa shape index (κ1) is 19.6. The van der Waals surface area contributed by atoms with E-state index in [1.807, 2.05) is 37.2 Å². The molecule has 0 aromatic heterocycles. The highest BCUT2D eigenvalue weighted by Gasteiger charge is 2.44. The fraction of sp³-hybridized carbons (Fsp3) is 0.667. The zero-order valence-corrected chi connectivity index (χ0v) is 17.1. The molecule has 0 heterocycles. The topological polar surface area (TPSA) is 9.23 Å². The average molecular weight is 343 g/mol. The van der Waals surface area contributed by atoms with Crippen molar-refractivity contribution < 1.29 is 9.13 Å². The third-order valence-electron chi connectivity index (χ3n) is 4.28. The van der Waals surface area contributed by atoms with Crippen molar-refractivity contribution in [3.63, 3.8) is 0 Å². The van der Waals surface area contributed by atoms with E-state index >= 15 is 0 Å². The highest BCUT2D eigenvalue weighted by Crippen LogP contribution is 2.52. The maximum absolute atomic E-state index is 14.8. The van der Waals surface area contributed by atoms with Gasteiger partial charge < -0.3 is 4.74 Å². The van der Waals surface area contributed by atoms with Crippen molar-refractivity contribution in [3.8, 4) is 5.75 Å². The number of halogens is 1. The minimum absolute atomic E-state index is 0.0166. The van der Waals surface area contributed by atoms with E-state index in [0.29, 0.717) is 22.4 Å². The zero-order valence-electron chi connectivity index (χ0n) is 15.2. The molecular formula is C18H31FOSSi. The molecule has 0 bridgehead atoms. The van der Waals surface area contributed by atoms with Gasteiger partial charge >= 0.3 is 0 Å². The fourth-order valence-corrected chi connectivity index (χ4v) is 12.6. The van der Waals surface area contributed by atoms with Crippen LogP contribution in [0.25, 0.3) is 0 Å². The highest BCUT2D eigenvalue weighted by atomic mass is 32.4. The van der Waals surface area contributed by atoms with Crippen molar-refractivity contribution in [1.29, 1.82) is 0 Å². The van der Waals surface area contributed by atoms with Crippen molar-refractivity contribution in [2.24, 2.45) is 0 Å². The molecule has 126 valence electrons. The lowest BCUT2D eigenvalue weighted by molar-refractivity contribution is 0.229. The van der Waals surface area contributed by atoms with E-state index in [1.165, 1.54) is 0 Å². The van der Waals surface area contributed by atoms with E-state index in [0.717, 1.165) is 4.90 Å². The van der Waals surface area contributed by atoms with Gasteiger partial charge in [0.25, 0.3) is 0 Å². The maximum Gasteiger partial charge on any atom is 0.178 e. The number of hydrogen-bond acceptors (Lipinski definition) is 2. The molecule has 0 saturated carbocycles. The number of benzene rings is 1. The third-order valence-corrected chi connectivity index (χ3v) is 16.6. The first-order valence-electron chi connectivity index (χ1n) is 8.27. The Morgan fingerprint density at radius 1 is 0.909 bits per heavy atom. The molecule has 0 N–H and O–H groups in total. The van der Waals surface area contributed by atoms with Gasteiger partial charge in [-0.1, -0.05) is 47.6 Å². The van der Waals surface area contributed by atoms with Crippen molar-refractivity contribution >= 4 is 18.4 Å². The van der Waals surface area contributed by atoms with E-state index in [1.54, 1.807) is 6.07 Å². The summed E-state index contributed by atoms with van der Waals surface area (Å²) in [5.74, 6) is 0.180. The van der Waals surface area contributed by atoms with Crippen molar-refractivity contribution in [1.82, 2.24) is 0 Å². The van der Waals surface area contributed by atoms with E-state index < -0.39 is 7.22 Å². The quantitative estimate of drug-likeness (QED) is 0.499. The Balaban J connectivity index is 3.25. The largest absolute Gasteiger partial charge is 0.488 e. The Labute approximate surface area is 140 Å². The van der Waals surface area contributed by atoms with E-state index in [-0.39, 0.29) is 11.9 Å². The van der Waals surface area contributed by atoms with Crippen LogP contribution in [0, 0.1) is 5.82 Å². The Morgan fingerprint density at radius 3 is 1.82 bits per heavy atom. The van der Waals surface area contributed by atoms with Gasteiger partial charge in [0.1, 0.15) is 7.22 Å². The fourth-order valence-electron chi connectivity index (χ4n) is 3.46. The van der Waals surface area contributed by atoms with Crippen molar-refractivity contribution in [3.05, 3.63) is 24.0 Å². The zero-order chi connectivity index (χ0) is 17.1. The highest BCUT2D eigenvalue weighted by molar-refractivity contribution is 8.29. The minimum atomic E-state index is -1.74. The predicted octanol–water partition coefficient (Wildman–Crippen LogP) is 6.88. The maximum atomic E-state index is 14.8. The lowest BCUT2D eigenvalue weighted by atomic mass is 10.3. The lowest BCUT2D eigenvalue weighted by Gasteiger charge is -2.42. The second kappa shape index (κ2) is 7.87. The number of ether oxygens (including phenoxy) is 1. The molecule has 0 radical (unpaired) electrons. The number of hydrogen-bond donors (Lipinski definition) is 0. The van der Waals surface area contributed by atoms with Crippen LogP contribution in [0.15, 0.2) is 23.1 Å². The van der Waals surface area contributed by atoms with Gasteiger partial charge in [0, 0.05) is 4.90 Å². The molecule has 0 atom stereocenters. The van der Waals surface area contributed by atoms with Crippen LogP contribution in [0.5, 0.6) is 5.75 Å². The summed E-state index contributed by atoms with van der Waals surface area (Å²) < 4.78 is 20.4. The van der Waals surface area contributed by atoms with Gasteiger partial charge in [-0.05, 0) is 42.6 Å². The normalized spacial score (nSPS) is 12.8. The van der Waals surface area contributed by atoms with Crippen LogP contribution in [0.3, 0.4) is 0 Å². The summed E-state index contributed by atoms with van der Waals surface area (Å²) in [6.07, 6.45) is -0.0166. The average Bonchev–Trinajstić information content (AvgIpc) is 2.37. The molecule has 0 aliphatic rings. The van der Waals surface area contributed by atoms with E-state index in [2.05, 4.69) is 41.5 Å². The summed E-state index contributed by atoms with van der Waals surface area (Å²) >= 11 is 1.81. The molecule has 4 heteroatoms. The summed E-state index contributed by atoms with van der Waals surface area (Å²) in [6.45, 7) is 17.6. The van der Waals surface area contributed by atoms with E-state index in [4.69, 9.17) is 4.74 Å². The Morgan fingerprint density at radius 2 is 1.41 bits per heavy atom. The van der Waals surface area contributed by atoms with Gasteiger partial charge in [0.15, 0.2) is 11.6 Å². The standard InChI is InChI=1S/C18H31FOSSi/c1-12(2)20-16-10-9-11-17(18(16)19)21-22(13(3)4,14(5)6)15(7)8/h9-15H,1-8H3. The Hall–Kier alpha value is -0.483. The summed E-state index contributed by atoms with van der Waals surface area (Å²) in [7, 11) is -1.74. The number of rotatable bonds is 7. The molecule has 0 spiro atoms. The van der Waals surface area contributed by atoms with Crippen LogP contribution in [-0.4, -0.2) is 13.3 Å². The molecule has 1 nitrogen and oxygen atoms in total. The molecule has 0 aliphatic carbocycles. The van der Waals surface area contributed by atoms with Gasteiger partial charge in [-0.15, -0.1) is 11.2 Å². The van der Waals surface area contributed by atoms with Gasteiger partial charge in [-0.2, -0.15) is 0 Å². The van der Waals surface area contributed by atoms with Crippen molar-refractivity contribution in [2.75, 3.05) is 0 Å². The molecule has 0 fully saturated rings. The van der Waals surface area contributed by atoms with Gasteiger partial charge in [-0.3, -0.25) is 0 Å². The van der Waals surface area contributed by atoms with E-state index in [9.17, 15) is 4.39 Å². The molecule has 1 rings (SSSR count). The Kier molecular flexibility index (Phi) is 7.00. The van der Waals surface area contributed by atoms with Crippen LogP contribution in [-0.2, 0) is 0 Å². The van der Waals surface area contributed by atoms with Crippen LogP contribution >= 0.6 is 11.2 Å². The summed E-state index contributed by atoms with van der Waals surface area (Å²) in [4.78, 5) is 0.751. The van der Waals surface area contributed by atoms with Crippen LogP contribution in [0.1, 0.15) is 55.4 Å². The molecule has 0 saturated heterocycles. The second-order valence-electron chi connectivity index (χ2n) is 7.15. The third kappa shape index (κ3) is 4.08. The van der Waals surface area contributed by atoms with Crippen LogP contribution in [0.2, 0.25) is 16.6 Å². The molecule has 1 aromatic carbocycles. The summed E-state index contributed by atoms with van der Waals surface area (Å²) in [6, 6.07) is 5.54. The minimum Gasteiger partial charge on any atom is -0.488 e. The molecule has 1 aromatic rings. The molecular weight excluding hydrogens is 311 g/mol. The van der Waals surface area contributed by atoms with Gasteiger partial charge in [0.05, 0.1) is 6.10 Å². The van der Waals surface area contributed by atoms with Crippen molar-refractivity contribution in [2.45, 2.75) is 83.0 Å². The Bertz CT molecular complexity index is 464. The second-order valence-corrected chi connectivity index (χ2v) is 15.7. The molecule has 0 amide bonds. The molecule has 0 aliphatic heterocycles. The van der Waals surface area contributed by atoms with Crippen LogP contribution < -0.4 is 4.74 Å². The summed E-state index contributed by atoms with van der Waals surface area (Å²) in [5.41, 5.74) is 1.77. The van der Waals surface area contributed by atoms with Gasteiger partial charge in [-0.25, -0.2) is 4.39 Å². The monoisotopic (exact) mass is 342 g/mol. The SMILES string of the molecule is CC(C)Oc1cccc(S[Si](C(C)C)(C(C)C)C(C)C)c1F. The predicted molar refractivity (Wildman–Crippen MR) is 99.1 cm³/mol. The molecule has 0 unspecified atom stereocenters. The smallest absolute Gasteiger partial charge is 0.178 e. The lowest BCUT2D eigenvalue weighted by Crippen LogP contribution is -2.41. The molecule has 22 heavy (non-hydrogen) atoms. The first-order valence-corrected chi connectivity index (χ1v) is 12.0. The first-order chi connectivity index (χ1) is 10.1. The van der Waals surface area contributed by atoms with Crippen LogP contribution in [0.4, 0.5) is 4.39 Å².